The molecule has 1 fully saturated rings. The minimum Gasteiger partial charge on any atom is -0.496 e. The predicted octanol–water partition coefficient (Wildman–Crippen LogP) is 3.54. The predicted molar refractivity (Wildman–Crippen MR) is 74.8 cm³/mol. The Morgan fingerprint density at radius 2 is 2.00 bits per heavy atom. The summed E-state index contributed by atoms with van der Waals surface area (Å²) in [5.74, 6) is 0.000234. The van der Waals surface area contributed by atoms with Crippen molar-refractivity contribution in [1.82, 2.24) is 0 Å². The molecule has 1 saturated carbocycles. The van der Waals surface area contributed by atoms with Crippen molar-refractivity contribution in [3.05, 3.63) is 29.3 Å². The smallest absolute Gasteiger partial charge is 0.314 e. The third kappa shape index (κ3) is 2.46. The summed E-state index contributed by atoms with van der Waals surface area (Å²) >= 11 is 0. The minimum absolute atomic E-state index is 0.709. The van der Waals surface area contributed by atoms with Crippen LogP contribution in [0, 0.1) is 0 Å². The standard InChI is InChI=1S/C16H22O3/c1-3-12-7-8-14(19-2)13(11-12)16(15(17)18)9-5-4-6-10-16/h7-8,11H,3-6,9-10H2,1-2H3,(H,17,18). The summed E-state index contributed by atoms with van der Waals surface area (Å²) in [7, 11) is 1.61. The molecule has 1 aliphatic carbocycles. The fourth-order valence-corrected chi connectivity index (χ4v) is 3.10. The van der Waals surface area contributed by atoms with Crippen LogP contribution in [0.15, 0.2) is 18.2 Å². The maximum Gasteiger partial charge on any atom is 0.314 e. The van der Waals surface area contributed by atoms with Crippen LogP contribution in [0.3, 0.4) is 0 Å². The van der Waals surface area contributed by atoms with Crippen LogP contribution in [0.2, 0.25) is 0 Å². The first-order valence-corrected chi connectivity index (χ1v) is 7.05. The van der Waals surface area contributed by atoms with Gasteiger partial charge in [-0.1, -0.05) is 38.3 Å². The number of benzene rings is 1. The van der Waals surface area contributed by atoms with E-state index in [-0.39, 0.29) is 0 Å². The van der Waals surface area contributed by atoms with Crippen LogP contribution in [-0.4, -0.2) is 18.2 Å². The summed E-state index contributed by atoms with van der Waals surface area (Å²) < 4.78 is 5.41. The molecular formula is C16H22O3. The van der Waals surface area contributed by atoms with Crippen molar-refractivity contribution < 1.29 is 14.6 Å². The lowest BCUT2D eigenvalue weighted by Gasteiger charge is -2.34. The molecule has 0 amide bonds. The zero-order valence-corrected chi connectivity index (χ0v) is 11.7. The van der Waals surface area contributed by atoms with Gasteiger partial charge in [-0.25, -0.2) is 0 Å². The average Bonchev–Trinajstić information content (AvgIpc) is 2.47. The maximum atomic E-state index is 11.9. The lowest BCUT2D eigenvalue weighted by molar-refractivity contribution is -0.145. The van der Waals surface area contributed by atoms with Crippen LogP contribution >= 0.6 is 0 Å². The van der Waals surface area contributed by atoms with Crippen LogP contribution in [0.5, 0.6) is 5.75 Å². The maximum absolute atomic E-state index is 11.9. The highest BCUT2D eigenvalue weighted by atomic mass is 16.5. The van der Waals surface area contributed by atoms with E-state index in [2.05, 4.69) is 6.92 Å². The van der Waals surface area contributed by atoms with Gasteiger partial charge < -0.3 is 9.84 Å². The summed E-state index contributed by atoms with van der Waals surface area (Å²) in [6, 6.07) is 5.95. The van der Waals surface area contributed by atoms with E-state index in [1.54, 1.807) is 7.11 Å². The van der Waals surface area contributed by atoms with Gasteiger partial charge in [0.2, 0.25) is 0 Å². The molecule has 0 spiro atoms. The van der Waals surface area contributed by atoms with Crippen molar-refractivity contribution in [1.29, 1.82) is 0 Å². The molecule has 1 aliphatic rings. The molecule has 0 heterocycles. The molecule has 19 heavy (non-hydrogen) atoms. The quantitative estimate of drug-likeness (QED) is 0.902. The topological polar surface area (TPSA) is 46.5 Å². The lowest BCUT2D eigenvalue weighted by Crippen LogP contribution is -2.38. The van der Waals surface area contributed by atoms with Crippen molar-refractivity contribution in [2.75, 3.05) is 7.11 Å². The molecule has 1 aromatic carbocycles. The van der Waals surface area contributed by atoms with Gasteiger partial charge in [0.1, 0.15) is 5.75 Å². The summed E-state index contributed by atoms with van der Waals surface area (Å²) in [5.41, 5.74) is 1.28. The molecule has 3 nitrogen and oxygen atoms in total. The summed E-state index contributed by atoms with van der Waals surface area (Å²) in [6.45, 7) is 2.08. The molecule has 104 valence electrons. The highest BCUT2D eigenvalue weighted by molar-refractivity contribution is 5.82. The van der Waals surface area contributed by atoms with Crippen LogP contribution in [0.25, 0.3) is 0 Å². The monoisotopic (exact) mass is 262 g/mol. The summed E-state index contributed by atoms with van der Waals surface area (Å²) in [4.78, 5) is 11.9. The van der Waals surface area contributed by atoms with Gasteiger partial charge in [0.15, 0.2) is 0 Å². The Bertz CT molecular complexity index is 459. The van der Waals surface area contributed by atoms with Crippen molar-refractivity contribution in [3.8, 4) is 5.75 Å². The molecule has 0 aliphatic heterocycles. The Balaban J connectivity index is 2.54. The third-order valence-corrected chi connectivity index (χ3v) is 4.30. The average molecular weight is 262 g/mol. The lowest BCUT2D eigenvalue weighted by atomic mass is 9.69. The van der Waals surface area contributed by atoms with Crippen LogP contribution in [-0.2, 0) is 16.6 Å². The molecule has 1 aromatic rings. The van der Waals surface area contributed by atoms with Crippen molar-refractivity contribution in [2.45, 2.75) is 50.9 Å². The fourth-order valence-electron chi connectivity index (χ4n) is 3.10. The number of carboxylic acid groups (broad SMARTS) is 1. The van der Waals surface area contributed by atoms with E-state index in [4.69, 9.17) is 4.74 Å². The molecule has 0 saturated heterocycles. The van der Waals surface area contributed by atoms with Gasteiger partial charge in [0.05, 0.1) is 12.5 Å². The second-order valence-corrected chi connectivity index (χ2v) is 5.34. The van der Waals surface area contributed by atoms with Gasteiger partial charge in [-0.05, 0) is 30.9 Å². The van der Waals surface area contributed by atoms with Gasteiger partial charge in [-0.2, -0.15) is 0 Å². The number of carbonyl (C=O) groups is 1. The fraction of sp³-hybridized carbons (Fsp3) is 0.562. The number of carboxylic acids is 1. The van der Waals surface area contributed by atoms with E-state index in [0.717, 1.165) is 31.2 Å². The van der Waals surface area contributed by atoms with Gasteiger partial charge in [-0.15, -0.1) is 0 Å². The second kappa shape index (κ2) is 5.64. The zero-order chi connectivity index (χ0) is 13.9. The molecule has 0 atom stereocenters. The van der Waals surface area contributed by atoms with Gasteiger partial charge in [0.25, 0.3) is 0 Å². The summed E-state index contributed by atoms with van der Waals surface area (Å²) in [5, 5.41) is 9.77. The molecule has 0 aromatic heterocycles. The molecule has 0 bridgehead atoms. The molecular weight excluding hydrogens is 240 g/mol. The molecule has 3 heteroatoms. The van der Waals surface area contributed by atoms with E-state index in [1.807, 2.05) is 18.2 Å². The van der Waals surface area contributed by atoms with E-state index in [1.165, 1.54) is 5.56 Å². The highest BCUT2D eigenvalue weighted by Crippen LogP contribution is 2.44. The van der Waals surface area contributed by atoms with Crippen molar-refractivity contribution in [2.24, 2.45) is 0 Å². The molecule has 2 rings (SSSR count). The number of hydrogen-bond donors (Lipinski definition) is 1. The van der Waals surface area contributed by atoms with Crippen LogP contribution in [0.1, 0.15) is 50.2 Å². The molecule has 0 unspecified atom stereocenters. The number of ether oxygens (including phenoxy) is 1. The summed E-state index contributed by atoms with van der Waals surface area (Å²) in [6.07, 6.45) is 5.42. The first-order valence-electron chi connectivity index (χ1n) is 7.05. The first-order chi connectivity index (χ1) is 9.14. The van der Waals surface area contributed by atoms with Crippen LogP contribution in [0.4, 0.5) is 0 Å². The van der Waals surface area contributed by atoms with Gasteiger partial charge in [-0.3, -0.25) is 4.79 Å². The van der Waals surface area contributed by atoms with E-state index >= 15 is 0 Å². The number of rotatable bonds is 4. The third-order valence-electron chi connectivity index (χ3n) is 4.30. The van der Waals surface area contributed by atoms with Crippen LogP contribution < -0.4 is 4.74 Å². The zero-order valence-electron chi connectivity index (χ0n) is 11.7. The highest BCUT2D eigenvalue weighted by Gasteiger charge is 2.43. The van der Waals surface area contributed by atoms with E-state index in [0.29, 0.717) is 18.6 Å². The minimum atomic E-state index is -0.755. The molecule has 1 N–H and O–H groups in total. The number of aliphatic carboxylic acids is 1. The van der Waals surface area contributed by atoms with Gasteiger partial charge in [0, 0.05) is 5.56 Å². The molecule has 0 radical (unpaired) electrons. The van der Waals surface area contributed by atoms with E-state index < -0.39 is 11.4 Å². The first kappa shape index (κ1) is 13.9. The second-order valence-electron chi connectivity index (χ2n) is 5.34. The Hall–Kier alpha value is -1.51. The van der Waals surface area contributed by atoms with Crippen molar-refractivity contribution >= 4 is 5.97 Å². The Kier molecular flexibility index (Phi) is 4.13. The van der Waals surface area contributed by atoms with Crippen molar-refractivity contribution in [3.63, 3.8) is 0 Å². The number of aryl methyl sites for hydroxylation is 1. The number of hydrogen-bond acceptors (Lipinski definition) is 2. The van der Waals surface area contributed by atoms with E-state index in [9.17, 15) is 9.90 Å². The number of methoxy groups -OCH3 is 1. The Labute approximate surface area is 114 Å². The Morgan fingerprint density at radius 3 is 2.53 bits per heavy atom. The Morgan fingerprint density at radius 1 is 1.32 bits per heavy atom. The van der Waals surface area contributed by atoms with Gasteiger partial charge >= 0.3 is 5.97 Å². The normalized spacial score (nSPS) is 18.0. The SMILES string of the molecule is CCc1ccc(OC)c(C2(C(=O)O)CCCCC2)c1. The largest absolute Gasteiger partial charge is 0.496 e.